The van der Waals surface area contributed by atoms with Crippen molar-refractivity contribution in [1.82, 2.24) is 0 Å². The molecule has 0 heterocycles. The largest absolute Gasteiger partial charge is 0.466 e. The molecule has 0 fully saturated rings. The van der Waals surface area contributed by atoms with Crippen molar-refractivity contribution in [3.63, 3.8) is 0 Å². The molecule has 1 atom stereocenters. The molecule has 0 aliphatic rings. The van der Waals surface area contributed by atoms with E-state index in [0.717, 1.165) is 0 Å². The summed E-state index contributed by atoms with van der Waals surface area (Å²) in [6.45, 7) is 0. The summed E-state index contributed by atoms with van der Waals surface area (Å²) in [6.07, 6.45) is 0. The van der Waals surface area contributed by atoms with E-state index in [1.54, 1.807) is 0 Å². The van der Waals surface area contributed by atoms with Crippen LogP contribution in [0.25, 0.3) is 0 Å². The first-order chi connectivity index (χ1) is 3.72. The summed E-state index contributed by atoms with van der Waals surface area (Å²) in [6, 6.07) is 0. The molecule has 0 aromatic rings. The molecule has 0 aromatic carbocycles. The minimum atomic E-state index is -0.750. The zero-order chi connectivity index (χ0) is 6.57. The van der Waals surface area contributed by atoms with Gasteiger partial charge < -0.3 is 9.47 Å². The molecule has 0 bridgehead atoms. The number of carbonyl (C=O) groups is 1. The molecule has 0 aliphatic carbocycles. The third kappa shape index (κ3) is 2.18. The quantitative estimate of drug-likeness (QED) is 0.331. The van der Waals surface area contributed by atoms with Gasteiger partial charge in [-0.3, -0.25) is 0 Å². The topological polar surface area (TPSA) is 35.5 Å². The van der Waals surface area contributed by atoms with Crippen LogP contribution in [0, 0.1) is 0 Å². The summed E-state index contributed by atoms with van der Waals surface area (Å²) in [5.41, 5.74) is -0.750. The van der Waals surface area contributed by atoms with Crippen LogP contribution < -0.4 is 0 Å². The van der Waals surface area contributed by atoms with E-state index in [-0.39, 0.29) is 0 Å². The number of hydrogen-bond donors (Lipinski definition) is 1. The highest BCUT2D eigenvalue weighted by atomic mass is 32.1. The van der Waals surface area contributed by atoms with Gasteiger partial charge in [-0.15, -0.1) is 12.6 Å². The first-order valence-electron chi connectivity index (χ1n) is 2.01. The van der Waals surface area contributed by atoms with Gasteiger partial charge in [0.2, 0.25) is 0 Å². The number of thiol groups is 1. The maximum absolute atomic E-state index is 10.3. The predicted molar refractivity (Wildman–Crippen MR) is 31.8 cm³/mol. The van der Waals surface area contributed by atoms with Gasteiger partial charge in [0.1, 0.15) is 0 Å². The summed E-state index contributed by atoms with van der Waals surface area (Å²) in [5.74, 6) is -0.476. The molecule has 0 aliphatic heterocycles. The molecule has 0 radical (unpaired) electrons. The van der Waals surface area contributed by atoms with Gasteiger partial charge in [0, 0.05) is 7.11 Å². The van der Waals surface area contributed by atoms with Crippen LogP contribution in [-0.4, -0.2) is 25.6 Å². The summed E-state index contributed by atoms with van der Waals surface area (Å²) < 4.78 is 8.76. The average molecular weight is 136 g/mol. The summed E-state index contributed by atoms with van der Waals surface area (Å²) in [4.78, 5) is 10.3. The summed E-state index contributed by atoms with van der Waals surface area (Å²) in [5, 5.41) is 0. The molecule has 1 unspecified atom stereocenters. The standard InChI is InChI=1S/C4H8O3S/c1-6-3(5)4(8)7-2/h4,8H,1-2H3. The van der Waals surface area contributed by atoms with E-state index >= 15 is 0 Å². The Hall–Kier alpha value is -0.220. The predicted octanol–water partition coefficient (Wildman–Crippen LogP) is 0.0617. The molecule has 8 heavy (non-hydrogen) atoms. The van der Waals surface area contributed by atoms with E-state index in [1.807, 2.05) is 0 Å². The van der Waals surface area contributed by atoms with Crippen LogP contribution in [-0.2, 0) is 14.3 Å². The second kappa shape index (κ2) is 3.74. The maximum atomic E-state index is 10.3. The van der Waals surface area contributed by atoms with Gasteiger partial charge in [-0.2, -0.15) is 0 Å². The Labute approximate surface area is 53.4 Å². The Kier molecular flexibility index (Phi) is 3.64. The highest BCUT2D eigenvalue weighted by Gasteiger charge is 2.10. The molecule has 4 heteroatoms. The lowest BCUT2D eigenvalue weighted by Crippen LogP contribution is -2.17. The highest BCUT2D eigenvalue weighted by Crippen LogP contribution is 1.95. The molecule has 0 saturated carbocycles. The lowest BCUT2D eigenvalue weighted by Gasteiger charge is -2.03. The van der Waals surface area contributed by atoms with Crippen LogP contribution in [0.4, 0.5) is 0 Å². The van der Waals surface area contributed by atoms with Gasteiger partial charge >= 0.3 is 5.97 Å². The second-order valence-corrected chi connectivity index (χ2v) is 1.58. The molecule has 0 N–H and O–H groups in total. The molecule has 0 spiro atoms. The van der Waals surface area contributed by atoms with Crippen LogP contribution in [0.3, 0.4) is 0 Å². The van der Waals surface area contributed by atoms with Gasteiger partial charge in [-0.1, -0.05) is 0 Å². The minimum absolute atomic E-state index is 0.476. The molecule has 0 aromatic heterocycles. The monoisotopic (exact) mass is 136 g/mol. The molecule has 0 saturated heterocycles. The zero-order valence-electron chi connectivity index (χ0n) is 4.75. The second-order valence-electron chi connectivity index (χ2n) is 1.11. The van der Waals surface area contributed by atoms with E-state index in [9.17, 15) is 4.79 Å². The zero-order valence-corrected chi connectivity index (χ0v) is 5.64. The van der Waals surface area contributed by atoms with Crippen LogP contribution in [0.5, 0.6) is 0 Å². The van der Waals surface area contributed by atoms with E-state index in [1.165, 1.54) is 14.2 Å². The first-order valence-corrected chi connectivity index (χ1v) is 2.52. The fourth-order valence-electron chi connectivity index (χ4n) is 0.197. The molecular formula is C4H8O3S. The highest BCUT2D eigenvalue weighted by molar-refractivity contribution is 7.81. The van der Waals surface area contributed by atoms with Crippen LogP contribution in [0.15, 0.2) is 0 Å². The van der Waals surface area contributed by atoms with Crippen molar-refractivity contribution in [3.8, 4) is 0 Å². The summed E-state index contributed by atoms with van der Waals surface area (Å²) >= 11 is 3.71. The smallest absolute Gasteiger partial charge is 0.345 e. The molecule has 3 nitrogen and oxygen atoms in total. The van der Waals surface area contributed by atoms with E-state index < -0.39 is 11.4 Å². The van der Waals surface area contributed by atoms with Gasteiger partial charge in [0.25, 0.3) is 0 Å². The van der Waals surface area contributed by atoms with Crippen LogP contribution in [0.1, 0.15) is 0 Å². The number of methoxy groups -OCH3 is 2. The van der Waals surface area contributed by atoms with Crippen molar-refractivity contribution in [1.29, 1.82) is 0 Å². The van der Waals surface area contributed by atoms with Crippen molar-refractivity contribution >= 4 is 18.6 Å². The van der Waals surface area contributed by atoms with E-state index in [0.29, 0.717) is 0 Å². The van der Waals surface area contributed by atoms with Gasteiger partial charge in [-0.25, -0.2) is 4.79 Å². The third-order valence-electron chi connectivity index (χ3n) is 0.626. The van der Waals surface area contributed by atoms with Crippen LogP contribution >= 0.6 is 12.6 Å². The fraction of sp³-hybridized carbons (Fsp3) is 0.750. The van der Waals surface area contributed by atoms with Crippen molar-refractivity contribution in [3.05, 3.63) is 0 Å². The summed E-state index contributed by atoms with van der Waals surface area (Å²) in [7, 11) is 2.67. The Morgan fingerprint density at radius 3 is 2.25 bits per heavy atom. The normalized spacial score (nSPS) is 12.9. The van der Waals surface area contributed by atoms with Crippen molar-refractivity contribution in [2.45, 2.75) is 5.44 Å². The van der Waals surface area contributed by atoms with Crippen LogP contribution in [0.2, 0.25) is 0 Å². The third-order valence-corrected chi connectivity index (χ3v) is 1.05. The molecule has 0 amide bonds. The lowest BCUT2D eigenvalue weighted by atomic mass is 10.7. The van der Waals surface area contributed by atoms with Gasteiger partial charge in [-0.05, 0) is 0 Å². The minimum Gasteiger partial charge on any atom is -0.466 e. The Morgan fingerprint density at radius 1 is 1.62 bits per heavy atom. The lowest BCUT2D eigenvalue weighted by molar-refractivity contribution is -0.146. The molecular weight excluding hydrogens is 128 g/mol. The first kappa shape index (κ1) is 7.78. The van der Waals surface area contributed by atoms with Crippen molar-refractivity contribution in [2.75, 3.05) is 14.2 Å². The maximum Gasteiger partial charge on any atom is 0.345 e. The number of rotatable bonds is 2. The molecule has 0 rings (SSSR count). The molecule has 48 valence electrons. The van der Waals surface area contributed by atoms with E-state index in [4.69, 9.17) is 0 Å². The fourth-order valence-corrected chi connectivity index (χ4v) is 0.302. The number of hydrogen-bond acceptors (Lipinski definition) is 4. The van der Waals surface area contributed by atoms with E-state index in [2.05, 4.69) is 22.1 Å². The van der Waals surface area contributed by atoms with Gasteiger partial charge in [0.15, 0.2) is 5.44 Å². The Morgan fingerprint density at radius 2 is 2.12 bits per heavy atom. The van der Waals surface area contributed by atoms with Crippen molar-refractivity contribution < 1.29 is 14.3 Å². The average Bonchev–Trinajstić information content (AvgIpc) is 1.84. The number of ether oxygens (including phenoxy) is 2. The Bertz CT molecular complexity index is 83.4. The SMILES string of the molecule is COC(=O)C(S)OC. The Balaban J connectivity index is 3.46. The van der Waals surface area contributed by atoms with Crippen molar-refractivity contribution in [2.24, 2.45) is 0 Å². The number of esters is 1. The number of carbonyl (C=O) groups excluding carboxylic acids is 1. The van der Waals surface area contributed by atoms with Gasteiger partial charge in [0.05, 0.1) is 7.11 Å².